The van der Waals surface area contributed by atoms with Crippen LogP contribution in [0.2, 0.25) is 0 Å². The molecule has 0 fully saturated rings. The second kappa shape index (κ2) is 5.03. The van der Waals surface area contributed by atoms with Crippen LogP contribution in [0.25, 0.3) is 0 Å². The maximum atomic E-state index is 9.35. The predicted octanol–water partition coefficient (Wildman–Crippen LogP) is 1.94. The molecule has 1 atom stereocenters. The van der Waals surface area contributed by atoms with Gasteiger partial charge in [-0.2, -0.15) is 0 Å². The Hall–Kier alpha value is -1.22. The van der Waals surface area contributed by atoms with Crippen LogP contribution in [0.3, 0.4) is 0 Å². The smallest absolute Gasteiger partial charge is 0.163 e. The quantitative estimate of drug-likeness (QED) is 0.825. The molecule has 3 heteroatoms. The fourth-order valence-corrected chi connectivity index (χ4v) is 1.66. The SMILES string of the molecule is COc1ccc(CC(C)O)c(C)c1OC. The van der Waals surface area contributed by atoms with E-state index in [1.165, 1.54) is 0 Å². The Bertz CT molecular complexity index is 332. The Morgan fingerprint density at radius 3 is 2.40 bits per heavy atom. The van der Waals surface area contributed by atoms with Gasteiger partial charge in [-0.05, 0) is 37.5 Å². The van der Waals surface area contributed by atoms with Crippen molar-refractivity contribution in [1.82, 2.24) is 0 Å². The molecule has 1 aromatic carbocycles. The first-order valence-electron chi connectivity index (χ1n) is 4.98. The molecule has 84 valence electrons. The minimum atomic E-state index is -0.346. The lowest BCUT2D eigenvalue weighted by molar-refractivity contribution is 0.195. The van der Waals surface area contributed by atoms with E-state index in [4.69, 9.17) is 9.47 Å². The molecule has 0 saturated carbocycles. The summed E-state index contributed by atoms with van der Waals surface area (Å²) >= 11 is 0. The van der Waals surface area contributed by atoms with E-state index in [1.54, 1.807) is 21.1 Å². The van der Waals surface area contributed by atoms with E-state index in [9.17, 15) is 5.11 Å². The van der Waals surface area contributed by atoms with E-state index in [1.807, 2.05) is 19.1 Å². The summed E-state index contributed by atoms with van der Waals surface area (Å²) in [4.78, 5) is 0. The number of rotatable bonds is 4. The lowest BCUT2D eigenvalue weighted by Gasteiger charge is -2.14. The van der Waals surface area contributed by atoms with Gasteiger partial charge in [0.2, 0.25) is 0 Å². The van der Waals surface area contributed by atoms with Crippen molar-refractivity contribution in [3.63, 3.8) is 0 Å². The third-order valence-corrected chi connectivity index (χ3v) is 2.42. The van der Waals surface area contributed by atoms with Gasteiger partial charge in [-0.3, -0.25) is 0 Å². The van der Waals surface area contributed by atoms with Crippen LogP contribution in [0.1, 0.15) is 18.1 Å². The van der Waals surface area contributed by atoms with Crippen molar-refractivity contribution in [2.45, 2.75) is 26.4 Å². The van der Waals surface area contributed by atoms with Crippen LogP contribution in [0.15, 0.2) is 12.1 Å². The number of hydrogen-bond donors (Lipinski definition) is 1. The molecule has 3 nitrogen and oxygen atoms in total. The van der Waals surface area contributed by atoms with E-state index in [-0.39, 0.29) is 6.10 Å². The summed E-state index contributed by atoms with van der Waals surface area (Å²) in [7, 11) is 3.24. The highest BCUT2D eigenvalue weighted by molar-refractivity contribution is 5.50. The van der Waals surface area contributed by atoms with Crippen LogP contribution < -0.4 is 9.47 Å². The minimum Gasteiger partial charge on any atom is -0.493 e. The van der Waals surface area contributed by atoms with Gasteiger partial charge in [-0.1, -0.05) is 6.07 Å². The molecule has 1 aromatic rings. The standard InChI is InChI=1S/C12H18O3/c1-8(13)7-10-5-6-11(14-3)12(15-4)9(10)2/h5-6,8,13H,7H2,1-4H3. The molecule has 0 bridgehead atoms. The molecule has 1 unspecified atom stereocenters. The zero-order valence-electron chi connectivity index (χ0n) is 9.70. The number of methoxy groups -OCH3 is 2. The zero-order chi connectivity index (χ0) is 11.4. The second-order valence-corrected chi connectivity index (χ2v) is 3.64. The first-order valence-corrected chi connectivity index (χ1v) is 4.98. The monoisotopic (exact) mass is 210 g/mol. The number of benzene rings is 1. The number of aliphatic hydroxyl groups excluding tert-OH is 1. The Morgan fingerprint density at radius 2 is 1.93 bits per heavy atom. The number of ether oxygens (including phenoxy) is 2. The topological polar surface area (TPSA) is 38.7 Å². The van der Waals surface area contributed by atoms with Crippen LogP contribution in [0, 0.1) is 6.92 Å². The third-order valence-electron chi connectivity index (χ3n) is 2.42. The van der Waals surface area contributed by atoms with E-state index in [2.05, 4.69) is 0 Å². The van der Waals surface area contributed by atoms with Gasteiger partial charge in [0.15, 0.2) is 11.5 Å². The van der Waals surface area contributed by atoms with E-state index < -0.39 is 0 Å². The first-order chi connectivity index (χ1) is 7.10. The normalized spacial score (nSPS) is 12.3. The largest absolute Gasteiger partial charge is 0.493 e. The van der Waals surface area contributed by atoms with Gasteiger partial charge in [0, 0.05) is 0 Å². The average Bonchev–Trinajstić information content (AvgIpc) is 2.20. The fraction of sp³-hybridized carbons (Fsp3) is 0.500. The molecule has 0 aromatic heterocycles. The van der Waals surface area contributed by atoms with Crippen molar-refractivity contribution < 1.29 is 14.6 Å². The zero-order valence-corrected chi connectivity index (χ0v) is 9.70. The number of aliphatic hydroxyl groups is 1. The van der Waals surface area contributed by atoms with Crippen LogP contribution >= 0.6 is 0 Å². The lowest BCUT2D eigenvalue weighted by Crippen LogP contribution is -2.06. The van der Waals surface area contributed by atoms with Crippen LogP contribution in [-0.4, -0.2) is 25.4 Å². The van der Waals surface area contributed by atoms with E-state index in [0.717, 1.165) is 22.6 Å². The maximum absolute atomic E-state index is 9.35. The molecule has 0 spiro atoms. The molecular weight excluding hydrogens is 192 g/mol. The molecule has 1 N–H and O–H groups in total. The summed E-state index contributed by atoms with van der Waals surface area (Å²) < 4.78 is 10.5. The summed E-state index contributed by atoms with van der Waals surface area (Å²) in [5.74, 6) is 1.47. The molecule has 0 aliphatic rings. The van der Waals surface area contributed by atoms with E-state index in [0.29, 0.717) is 6.42 Å². The van der Waals surface area contributed by atoms with Crippen LogP contribution in [0.4, 0.5) is 0 Å². The van der Waals surface area contributed by atoms with Gasteiger partial charge < -0.3 is 14.6 Å². The predicted molar refractivity (Wildman–Crippen MR) is 59.7 cm³/mol. The van der Waals surface area contributed by atoms with Crippen molar-refractivity contribution >= 4 is 0 Å². The van der Waals surface area contributed by atoms with Gasteiger partial charge in [0.1, 0.15) is 0 Å². The Balaban J connectivity index is 3.11. The molecule has 0 aliphatic carbocycles. The van der Waals surface area contributed by atoms with Gasteiger partial charge in [-0.15, -0.1) is 0 Å². The molecule has 15 heavy (non-hydrogen) atoms. The highest BCUT2D eigenvalue weighted by Crippen LogP contribution is 2.33. The van der Waals surface area contributed by atoms with Crippen molar-refractivity contribution in [2.24, 2.45) is 0 Å². The molecule has 1 rings (SSSR count). The molecule has 0 heterocycles. The molecule has 0 amide bonds. The Morgan fingerprint density at radius 1 is 1.27 bits per heavy atom. The highest BCUT2D eigenvalue weighted by atomic mass is 16.5. The molecule has 0 aliphatic heterocycles. The van der Waals surface area contributed by atoms with E-state index >= 15 is 0 Å². The molecule has 0 saturated heterocycles. The minimum absolute atomic E-state index is 0.346. The third kappa shape index (κ3) is 2.63. The van der Waals surface area contributed by atoms with Gasteiger partial charge in [-0.25, -0.2) is 0 Å². The summed E-state index contributed by atoms with van der Waals surface area (Å²) in [5.41, 5.74) is 2.11. The Labute approximate surface area is 90.6 Å². The Kier molecular flexibility index (Phi) is 3.97. The van der Waals surface area contributed by atoms with Gasteiger partial charge >= 0.3 is 0 Å². The summed E-state index contributed by atoms with van der Waals surface area (Å²) in [6.07, 6.45) is 0.286. The lowest BCUT2D eigenvalue weighted by atomic mass is 10.0. The summed E-state index contributed by atoms with van der Waals surface area (Å²) in [6.45, 7) is 3.75. The molecular formula is C12H18O3. The fourth-order valence-electron chi connectivity index (χ4n) is 1.66. The first kappa shape index (κ1) is 11.9. The average molecular weight is 210 g/mol. The van der Waals surface area contributed by atoms with Gasteiger partial charge in [0.05, 0.1) is 20.3 Å². The van der Waals surface area contributed by atoms with Crippen LogP contribution in [-0.2, 0) is 6.42 Å². The molecule has 0 radical (unpaired) electrons. The summed E-state index contributed by atoms with van der Waals surface area (Å²) in [5, 5.41) is 9.35. The van der Waals surface area contributed by atoms with Crippen molar-refractivity contribution in [3.05, 3.63) is 23.3 Å². The van der Waals surface area contributed by atoms with Crippen molar-refractivity contribution in [2.75, 3.05) is 14.2 Å². The van der Waals surface area contributed by atoms with Crippen LogP contribution in [0.5, 0.6) is 11.5 Å². The van der Waals surface area contributed by atoms with Crippen molar-refractivity contribution in [1.29, 1.82) is 0 Å². The maximum Gasteiger partial charge on any atom is 0.163 e. The number of hydrogen-bond acceptors (Lipinski definition) is 3. The van der Waals surface area contributed by atoms with Crippen molar-refractivity contribution in [3.8, 4) is 11.5 Å². The highest BCUT2D eigenvalue weighted by Gasteiger charge is 2.11. The second-order valence-electron chi connectivity index (χ2n) is 3.64. The van der Waals surface area contributed by atoms with Gasteiger partial charge in [0.25, 0.3) is 0 Å². The summed E-state index contributed by atoms with van der Waals surface area (Å²) in [6, 6.07) is 3.83.